The average Bonchev–Trinajstić information content (AvgIpc) is 3.21. The zero-order valence-electron chi connectivity index (χ0n) is 22.6. The molecule has 24 heteroatoms. The maximum Gasteiger partial charge on any atom is 0.490 e. The predicted molar refractivity (Wildman–Crippen MR) is 144 cm³/mol. The molecule has 0 amide bonds. The predicted octanol–water partition coefficient (Wildman–Crippen LogP) is 1.10. The molecule has 6 atom stereocenters. The fraction of sp³-hybridized carbons (Fsp3) is 0.318. The van der Waals surface area contributed by atoms with Crippen LogP contribution in [-0.2, 0) is 44.3 Å². The molecule has 1 aromatic carbocycles. The van der Waals surface area contributed by atoms with Crippen LogP contribution in [0.2, 0.25) is 0 Å². The fourth-order valence-electron chi connectivity index (χ4n) is 4.22. The summed E-state index contributed by atoms with van der Waals surface area (Å²) >= 11 is 0. The summed E-state index contributed by atoms with van der Waals surface area (Å²) in [5, 5.41) is 20.9. The molecule has 6 N–H and O–H groups in total. The molecule has 1 saturated heterocycles. The smallest absolute Gasteiger partial charge is 0.387 e. The Hall–Kier alpha value is -2.87. The van der Waals surface area contributed by atoms with Gasteiger partial charge in [-0.15, -0.1) is 0 Å². The van der Waals surface area contributed by atoms with Crippen molar-refractivity contribution < 1.29 is 74.5 Å². The number of nitrogens with zero attached hydrogens (tertiary/aromatic N) is 3. The number of aromatic nitrogens is 3. The lowest BCUT2D eigenvalue weighted by molar-refractivity contribution is -0.137. The highest BCUT2D eigenvalue weighted by molar-refractivity contribution is 7.66. The minimum Gasteiger partial charge on any atom is -0.387 e. The standard InChI is InChI=1S/C22H23F3N3O15P3/c23-22(24,25)14-3-1-2-12(8-14)13-4-6-26-15(9-13)10-28-17(29)5-7-27(21(28)32)20-19(31)18(30)16(41-20)11-40-45(36,37)43-46(38,39)42-44(33,34)35/h1-9,16,18-20,30-31H,10-11H2,(H,36,37)(H,38,39)(H2,33,34,35)/t16-,18?,19?,20-/m1/s1. The lowest BCUT2D eigenvalue weighted by Gasteiger charge is -2.19. The van der Waals surface area contributed by atoms with Crippen molar-refractivity contribution in [2.75, 3.05) is 6.61 Å². The van der Waals surface area contributed by atoms with Crippen LogP contribution >= 0.6 is 23.5 Å². The minimum absolute atomic E-state index is 0.0775. The number of aliphatic hydroxyl groups excluding tert-OH is 2. The van der Waals surface area contributed by atoms with Gasteiger partial charge in [0.25, 0.3) is 5.56 Å². The Morgan fingerprint density at radius 3 is 2.24 bits per heavy atom. The number of halogens is 3. The second-order valence-corrected chi connectivity index (χ2v) is 13.9. The third-order valence-corrected chi connectivity index (χ3v) is 9.99. The van der Waals surface area contributed by atoms with Gasteiger partial charge >= 0.3 is 35.3 Å². The largest absolute Gasteiger partial charge is 0.490 e. The van der Waals surface area contributed by atoms with E-state index < -0.39 is 84.1 Å². The van der Waals surface area contributed by atoms with Crippen molar-refractivity contribution >= 4 is 23.5 Å². The fourth-order valence-corrected chi connectivity index (χ4v) is 7.25. The van der Waals surface area contributed by atoms with Gasteiger partial charge in [0.1, 0.15) is 18.3 Å². The van der Waals surface area contributed by atoms with Crippen molar-refractivity contribution in [1.29, 1.82) is 0 Å². The van der Waals surface area contributed by atoms with Gasteiger partial charge in [0.15, 0.2) is 6.23 Å². The number of phosphoric acid groups is 3. The Morgan fingerprint density at radius 1 is 0.913 bits per heavy atom. The van der Waals surface area contributed by atoms with E-state index in [1.165, 1.54) is 30.5 Å². The third kappa shape index (κ3) is 8.93. The number of pyridine rings is 1. The van der Waals surface area contributed by atoms with Crippen molar-refractivity contribution in [3.8, 4) is 11.1 Å². The van der Waals surface area contributed by atoms with E-state index in [9.17, 15) is 56.5 Å². The number of alkyl halides is 3. The van der Waals surface area contributed by atoms with Gasteiger partial charge in [0.05, 0.1) is 24.4 Å². The lowest BCUT2D eigenvalue weighted by atomic mass is 10.0. The summed E-state index contributed by atoms with van der Waals surface area (Å²) in [5.74, 6) is 0. The molecule has 18 nitrogen and oxygen atoms in total. The molecule has 252 valence electrons. The highest BCUT2D eigenvalue weighted by Crippen LogP contribution is 2.66. The first-order valence-corrected chi connectivity index (χ1v) is 16.9. The molecule has 0 aliphatic carbocycles. The van der Waals surface area contributed by atoms with E-state index in [4.69, 9.17) is 14.5 Å². The van der Waals surface area contributed by atoms with Crippen molar-refractivity contribution in [1.82, 2.24) is 14.1 Å². The Labute approximate surface area is 254 Å². The Kier molecular flexibility index (Phi) is 10.4. The van der Waals surface area contributed by atoms with E-state index in [2.05, 4.69) is 18.1 Å². The van der Waals surface area contributed by atoms with Gasteiger partial charge in [0.2, 0.25) is 0 Å². The van der Waals surface area contributed by atoms with E-state index in [1.54, 1.807) is 0 Å². The average molecular weight is 719 g/mol. The van der Waals surface area contributed by atoms with Crippen molar-refractivity contribution in [3.05, 3.63) is 87.0 Å². The number of rotatable bonds is 11. The normalized spacial score (nSPS) is 23.2. The van der Waals surface area contributed by atoms with Gasteiger partial charge < -0.3 is 34.5 Å². The zero-order chi connectivity index (χ0) is 34.2. The number of hydrogen-bond acceptors (Lipinski definition) is 12. The number of phosphoric ester groups is 1. The molecule has 1 aliphatic rings. The Morgan fingerprint density at radius 2 is 1.59 bits per heavy atom. The van der Waals surface area contributed by atoms with Crippen LogP contribution in [0.25, 0.3) is 11.1 Å². The van der Waals surface area contributed by atoms with Crippen LogP contribution in [0.15, 0.2) is 64.4 Å². The first-order valence-electron chi connectivity index (χ1n) is 12.4. The summed E-state index contributed by atoms with van der Waals surface area (Å²) in [6.07, 6.45) is -9.77. The highest BCUT2D eigenvalue weighted by Gasteiger charge is 2.47. The lowest BCUT2D eigenvalue weighted by Crippen LogP contribution is -2.43. The van der Waals surface area contributed by atoms with Gasteiger partial charge in [-0.1, -0.05) is 12.1 Å². The van der Waals surface area contributed by atoms with Crippen LogP contribution in [-0.4, -0.2) is 68.8 Å². The van der Waals surface area contributed by atoms with E-state index in [1.807, 2.05) is 0 Å². The molecule has 1 fully saturated rings. The second-order valence-electron chi connectivity index (χ2n) is 9.48. The first-order chi connectivity index (χ1) is 21.2. The monoisotopic (exact) mass is 719 g/mol. The molecule has 4 unspecified atom stereocenters. The molecule has 0 bridgehead atoms. The second kappa shape index (κ2) is 13.3. The van der Waals surface area contributed by atoms with Crippen LogP contribution in [0.5, 0.6) is 0 Å². The van der Waals surface area contributed by atoms with Crippen LogP contribution in [0.1, 0.15) is 17.5 Å². The molecule has 1 aliphatic heterocycles. The molecule has 0 radical (unpaired) electrons. The molecule has 2 aromatic heterocycles. The highest BCUT2D eigenvalue weighted by atomic mass is 31.3. The van der Waals surface area contributed by atoms with E-state index >= 15 is 0 Å². The summed E-state index contributed by atoms with van der Waals surface area (Å²) < 4.78 is 92.0. The molecular formula is C22H23F3N3O15P3. The Bertz CT molecular complexity index is 1860. The van der Waals surface area contributed by atoms with Crippen LogP contribution < -0.4 is 11.2 Å². The molecule has 0 saturated carbocycles. The number of hydrogen-bond donors (Lipinski definition) is 6. The van der Waals surface area contributed by atoms with Crippen LogP contribution in [0, 0.1) is 0 Å². The molecule has 4 rings (SSSR count). The summed E-state index contributed by atoms with van der Waals surface area (Å²) in [7, 11) is -17.1. The van der Waals surface area contributed by atoms with Crippen LogP contribution in [0.3, 0.4) is 0 Å². The Balaban J connectivity index is 1.52. The molecule has 46 heavy (non-hydrogen) atoms. The molecule has 3 heterocycles. The molecule has 0 spiro atoms. The SMILES string of the molecule is O=c1ccn([C@@H]2O[C@H](COP(=O)(O)OP(=O)(O)OP(=O)(O)O)C(O)C2O)c(=O)n1Cc1cc(-c2cccc(C(F)(F)F)c2)ccn1. The maximum absolute atomic E-state index is 13.3. The topological polar surface area (TPSA) is 266 Å². The quantitative estimate of drug-likeness (QED) is 0.152. The van der Waals surface area contributed by atoms with E-state index in [-0.39, 0.29) is 16.8 Å². The van der Waals surface area contributed by atoms with Gasteiger partial charge in [0, 0.05) is 18.5 Å². The summed E-state index contributed by atoms with van der Waals surface area (Å²) in [5.41, 5.74) is -2.32. The maximum atomic E-state index is 13.3. The summed E-state index contributed by atoms with van der Waals surface area (Å²) in [6.45, 7) is -1.65. The van der Waals surface area contributed by atoms with Crippen molar-refractivity contribution in [3.63, 3.8) is 0 Å². The summed E-state index contributed by atoms with van der Waals surface area (Å²) in [4.78, 5) is 66.0. The zero-order valence-corrected chi connectivity index (χ0v) is 25.3. The van der Waals surface area contributed by atoms with Gasteiger partial charge in [-0.3, -0.25) is 23.4 Å². The van der Waals surface area contributed by atoms with Crippen molar-refractivity contribution in [2.24, 2.45) is 0 Å². The molecule has 3 aromatic rings. The number of benzene rings is 1. The number of aliphatic hydroxyl groups is 2. The summed E-state index contributed by atoms with van der Waals surface area (Å²) in [6, 6.07) is 8.07. The molecular weight excluding hydrogens is 696 g/mol. The van der Waals surface area contributed by atoms with Gasteiger partial charge in [-0.2, -0.15) is 21.8 Å². The van der Waals surface area contributed by atoms with Gasteiger partial charge in [-0.25, -0.2) is 18.5 Å². The van der Waals surface area contributed by atoms with Crippen molar-refractivity contribution in [2.45, 2.75) is 37.3 Å². The van der Waals surface area contributed by atoms with Gasteiger partial charge in [-0.05, 0) is 35.4 Å². The third-order valence-electron chi connectivity index (χ3n) is 6.18. The van der Waals surface area contributed by atoms with E-state index in [0.29, 0.717) is 9.13 Å². The van der Waals surface area contributed by atoms with Crippen LogP contribution in [0.4, 0.5) is 13.2 Å². The van der Waals surface area contributed by atoms with E-state index in [0.717, 1.165) is 24.4 Å². The first kappa shape index (κ1) is 36.0. The minimum atomic E-state index is -5.84. The number of ether oxygens (including phenoxy) is 1.